The van der Waals surface area contributed by atoms with Crippen molar-refractivity contribution in [2.24, 2.45) is 5.92 Å². The molecule has 236 valence electrons. The van der Waals surface area contributed by atoms with Gasteiger partial charge in [0.15, 0.2) is 6.29 Å². The van der Waals surface area contributed by atoms with Gasteiger partial charge in [0.1, 0.15) is 0 Å². The van der Waals surface area contributed by atoms with Crippen molar-refractivity contribution in [1.82, 2.24) is 19.9 Å². The summed E-state index contributed by atoms with van der Waals surface area (Å²) in [6.07, 6.45) is 4.16. The molecule has 47 heavy (non-hydrogen) atoms. The van der Waals surface area contributed by atoms with Gasteiger partial charge in [-0.25, -0.2) is 4.98 Å². The molecule has 1 aliphatic heterocycles. The molecule has 8 heteroatoms. The first kappa shape index (κ1) is 30.5. The van der Waals surface area contributed by atoms with E-state index in [1.807, 2.05) is 60.9 Å². The normalized spacial score (nSPS) is 19.4. The highest BCUT2D eigenvalue weighted by atomic mass is 16.7. The van der Waals surface area contributed by atoms with E-state index in [0.29, 0.717) is 18.7 Å². The highest BCUT2D eigenvalue weighted by Gasteiger charge is 2.38. The summed E-state index contributed by atoms with van der Waals surface area (Å²) in [7, 11) is 0. The summed E-state index contributed by atoms with van der Waals surface area (Å²) in [4.78, 5) is 21.1. The van der Waals surface area contributed by atoms with Gasteiger partial charge in [-0.15, -0.1) is 0 Å². The zero-order valence-electron chi connectivity index (χ0n) is 26.1. The zero-order valence-corrected chi connectivity index (χ0v) is 26.1. The van der Waals surface area contributed by atoms with Crippen LogP contribution in [0.5, 0.6) is 0 Å². The van der Waals surface area contributed by atoms with E-state index in [1.165, 1.54) is 0 Å². The molecule has 8 nitrogen and oxygen atoms in total. The van der Waals surface area contributed by atoms with Gasteiger partial charge < -0.3 is 24.5 Å². The molecule has 0 saturated carbocycles. The second-order valence-corrected chi connectivity index (χ2v) is 12.0. The number of rotatable bonds is 9. The Balaban J connectivity index is 1.11. The lowest BCUT2D eigenvalue weighted by atomic mass is 9.90. The van der Waals surface area contributed by atoms with E-state index in [4.69, 9.17) is 9.47 Å². The van der Waals surface area contributed by atoms with Gasteiger partial charge in [0.2, 0.25) is 0 Å². The van der Waals surface area contributed by atoms with E-state index >= 15 is 0 Å². The minimum absolute atomic E-state index is 0.00127. The topological polar surface area (TPSA) is 98.5 Å². The average Bonchev–Trinajstić information content (AvgIpc) is 3.54. The number of nitrogens with one attached hydrogen (secondary N) is 1. The molecule has 1 amide bonds. The number of ether oxygens (including phenoxy) is 2. The Kier molecular flexibility index (Phi) is 8.88. The predicted molar refractivity (Wildman–Crippen MR) is 180 cm³/mol. The lowest BCUT2D eigenvalue weighted by molar-refractivity contribution is -0.276. The van der Waals surface area contributed by atoms with Crippen LogP contribution in [0.15, 0.2) is 128 Å². The van der Waals surface area contributed by atoms with Crippen LogP contribution < -0.4 is 5.32 Å². The van der Waals surface area contributed by atoms with Gasteiger partial charge in [-0.1, -0.05) is 85.8 Å². The fraction of sp³-hybridized carbons (Fsp3) is 0.205. The third-order valence-electron chi connectivity index (χ3n) is 8.85. The highest BCUT2D eigenvalue weighted by Crippen LogP contribution is 2.42. The number of pyridine rings is 1. The molecule has 1 fully saturated rings. The Morgan fingerprint density at radius 1 is 0.851 bits per heavy atom. The lowest BCUT2D eigenvalue weighted by Gasteiger charge is -2.41. The van der Waals surface area contributed by atoms with Crippen LogP contribution in [0.4, 0.5) is 0 Å². The largest absolute Gasteiger partial charge is 0.392 e. The van der Waals surface area contributed by atoms with Crippen LogP contribution in [-0.4, -0.2) is 31.7 Å². The van der Waals surface area contributed by atoms with Crippen molar-refractivity contribution in [2.45, 2.75) is 45.1 Å². The Morgan fingerprint density at radius 3 is 2.45 bits per heavy atom. The second-order valence-electron chi connectivity index (χ2n) is 12.0. The Hall–Kier alpha value is -5.15. The molecule has 0 spiro atoms. The summed E-state index contributed by atoms with van der Waals surface area (Å²) in [6, 6.07) is 36.0. The zero-order chi connectivity index (χ0) is 32.2. The smallest absolute Gasteiger partial charge is 0.253 e. The minimum Gasteiger partial charge on any atom is -0.392 e. The molecule has 7 rings (SSSR count). The van der Waals surface area contributed by atoms with E-state index in [9.17, 15) is 9.90 Å². The molecule has 4 atom stereocenters. The Morgan fingerprint density at radius 2 is 1.66 bits per heavy atom. The van der Waals surface area contributed by atoms with Crippen molar-refractivity contribution in [1.29, 1.82) is 0 Å². The number of carbonyl (C=O) groups excluding carboxylic acids is 1. The number of nitrogens with zero attached hydrogens (tertiary/aromatic N) is 3. The molecule has 1 saturated heterocycles. The number of amides is 1. The average molecular weight is 625 g/mol. The van der Waals surface area contributed by atoms with Crippen LogP contribution in [0.2, 0.25) is 0 Å². The summed E-state index contributed by atoms with van der Waals surface area (Å²) in [6.45, 7) is 3.21. The van der Waals surface area contributed by atoms with Crippen LogP contribution >= 0.6 is 0 Å². The predicted octanol–water partition coefficient (Wildman–Crippen LogP) is 7.01. The maximum atomic E-state index is 12.5. The maximum absolute atomic E-state index is 12.5. The van der Waals surface area contributed by atoms with Crippen LogP contribution in [0, 0.1) is 5.92 Å². The van der Waals surface area contributed by atoms with E-state index < -0.39 is 6.29 Å². The second kappa shape index (κ2) is 13.7. The molecule has 4 unspecified atom stereocenters. The van der Waals surface area contributed by atoms with E-state index in [1.54, 1.807) is 24.5 Å². The fourth-order valence-corrected chi connectivity index (χ4v) is 6.15. The summed E-state index contributed by atoms with van der Waals surface area (Å²) >= 11 is 0. The highest BCUT2D eigenvalue weighted by molar-refractivity contribution is 5.93. The van der Waals surface area contributed by atoms with Gasteiger partial charge in [0, 0.05) is 30.4 Å². The molecule has 3 heterocycles. The van der Waals surface area contributed by atoms with E-state index in [0.717, 1.165) is 44.4 Å². The van der Waals surface area contributed by atoms with Gasteiger partial charge in [-0.3, -0.25) is 9.78 Å². The van der Waals surface area contributed by atoms with Gasteiger partial charge in [-0.2, -0.15) is 0 Å². The molecule has 0 bridgehead atoms. The van der Waals surface area contributed by atoms with Crippen molar-refractivity contribution >= 4 is 16.9 Å². The number of hydrogen-bond acceptors (Lipinski definition) is 6. The molecule has 2 N–H and O–H groups in total. The number of carbonyl (C=O) groups is 1. The van der Waals surface area contributed by atoms with Crippen molar-refractivity contribution in [3.8, 4) is 11.1 Å². The molecule has 0 aliphatic carbocycles. The van der Waals surface area contributed by atoms with Crippen molar-refractivity contribution in [2.75, 3.05) is 0 Å². The quantitative estimate of drug-likeness (QED) is 0.180. The number of aliphatic hydroxyl groups excluding tert-OH is 1. The molecule has 4 aromatic carbocycles. The number of fused-ring (bicyclic) bond motifs is 1. The molecule has 6 aromatic rings. The molecule has 2 aromatic heterocycles. The standard InChI is InChI=1S/C39H36N4O4/c1-26-36(23-43-25-42-34-9-2-3-10-35(34)43)46-39(47-37(26)30-13-11-27(24-44)12-14-30)31-17-15-29(16-18-31)32-7-4-6-28(20-32)21-41-38(45)33-8-5-19-40-22-33/h2-20,22,25-26,36-37,39,44H,21,23-24H2,1H3,(H,41,45). The van der Waals surface area contributed by atoms with Crippen molar-refractivity contribution < 1.29 is 19.4 Å². The third-order valence-corrected chi connectivity index (χ3v) is 8.85. The number of hydrogen-bond donors (Lipinski definition) is 2. The van der Waals surface area contributed by atoms with Crippen LogP contribution in [-0.2, 0) is 29.2 Å². The first-order chi connectivity index (χ1) is 23.1. The van der Waals surface area contributed by atoms with Gasteiger partial charge >= 0.3 is 0 Å². The number of benzene rings is 4. The van der Waals surface area contributed by atoms with Crippen LogP contribution in [0.3, 0.4) is 0 Å². The van der Waals surface area contributed by atoms with Crippen LogP contribution in [0.25, 0.3) is 22.2 Å². The van der Waals surface area contributed by atoms with E-state index in [2.05, 4.69) is 69.2 Å². The van der Waals surface area contributed by atoms with Crippen LogP contribution in [0.1, 0.15) is 51.9 Å². The van der Waals surface area contributed by atoms with Gasteiger partial charge in [-0.05, 0) is 58.1 Å². The Labute approximate surface area is 273 Å². The molecular weight excluding hydrogens is 588 g/mol. The maximum Gasteiger partial charge on any atom is 0.253 e. The van der Waals surface area contributed by atoms with Crippen molar-refractivity contribution in [3.63, 3.8) is 0 Å². The number of aromatic nitrogens is 3. The number of para-hydroxylation sites is 2. The van der Waals surface area contributed by atoms with E-state index in [-0.39, 0.29) is 30.6 Å². The van der Waals surface area contributed by atoms with Gasteiger partial charge in [0.25, 0.3) is 5.91 Å². The number of imidazole rings is 1. The fourth-order valence-electron chi connectivity index (χ4n) is 6.15. The van der Waals surface area contributed by atoms with Gasteiger partial charge in [0.05, 0.1) is 48.3 Å². The molecule has 0 radical (unpaired) electrons. The molecular formula is C39H36N4O4. The SMILES string of the molecule is CC1C(Cn2cnc3ccccc32)OC(c2ccc(-c3cccc(CNC(=O)c4cccnc4)c3)cc2)OC1c1ccc(CO)cc1. The minimum atomic E-state index is -0.573. The summed E-state index contributed by atoms with van der Waals surface area (Å²) < 4.78 is 15.5. The first-order valence-electron chi connectivity index (χ1n) is 15.8. The number of aliphatic hydroxyl groups is 1. The molecule has 1 aliphatic rings. The lowest BCUT2D eigenvalue weighted by Crippen LogP contribution is -2.39. The van der Waals surface area contributed by atoms with Crippen molar-refractivity contribution in [3.05, 3.63) is 156 Å². The summed E-state index contributed by atoms with van der Waals surface area (Å²) in [5.41, 5.74) is 8.50. The first-order valence-corrected chi connectivity index (χ1v) is 15.8. The third kappa shape index (κ3) is 6.71. The monoisotopic (exact) mass is 624 g/mol. The summed E-state index contributed by atoms with van der Waals surface area (Å²) in [5.74, 6) is -0.107. The Bertz CT molecular complexity index is 1960. The summed E-state index contributed by atoms with van der Waals surface area (Å²) in [5, 5.41) is 12.6.